The number of halogens is 1. The van der Waals surface area contributed by atoms with Gasteiger partial charge >= 0.3 is 5.97 Å². The summed E-state index contributed by atoms with van der Waals surface area (Å²) >= 11 is 9.07. The van der Waals surface area contributed by atoms with Crippen molar-refractivity contribution in [3.63, 3.8) is 0 Å². The minimum atomic E-state index is -0.331. The van der Waals surface area contributed by atoms with Crippen molar-refractivity contribution < 1.29 is 14.3 Å². The predicted octanol–water partition coefficient (Wildman–Crippen LogP) is 5.16. The number of ether oxygens (including phenoxy) is 1. The van der Waals surface area contributed by atoms with Gasteiger partial charge in [0.15, 0.2) is 5.13 Å². The number of carbonyl (C=O) groups is 2. The summed E-state index contributed by atoms with van der Waals surface area (Å²) in [7, 11) is 0. The number of anilines is 1. The van der Waals surface area contributed by atoms with E-state index in [1.807, 2.05) is 43.3 Å². The van der Waals surface area contributed by atoms with Gasteiger partial charge in [-0.2, -0.15) is 0 Å². The van der Waals surface area contributed by atoms with Gasteiger partial charge in [-0.15, -0.1) is 23.1 Å². The van der Waals surface area contributed by atoms with Gasteiger partial charge in [0.1, 0.15) is 6.61 Å². The van der Waals surface area contributed by atoms with Crippen LogP contribution in [0, 0.1) is 0 Å². The molecular weight excluding hydrogens is 416 g/mol. The molecule has 2 aromatic carbocycles. The molecule has 0 fully saturated rings. The molecule has 0 aliphatic carbocycles. The molecule has 0 saturated carbocycles. The van der Waals surface area contributed by atoms with Crippen LogP contribution in [0.2, 0.25) is 5.02 Å². The molecule has 0 N–H and O–H groups in total. The lowest BCUT2D eigenvalue weighted by Crippen LogP contribution is -2.27. The fourth-order valence-electron chi connectivity index (χ4n) is 2.69. The lowest BCUT2D eigenvalue weighted by Gasteiger charge is -2.14. The Bertz CT molecular complexity index is 1000. The monoisotopic (exact) mass is 434 g/mol. The Balaban J connectivity index is 1.58. The number of benzene rings is 2. The summed E-state index contributed by atoms with van der Waals surface area (Å²) in [5.74, 6) is -0.219. The van der Waals surface area contributed by atoms with Crippen molar-refractivity contribution in [1.29, 1.82) is 0 Å². The second-order valence-electron chi connectivity index (χ2n) is 5.93. The Kier molecular flexibility index (Phi) is 6.93. The summed E-state index contributed by atoms with van der Waals surface area (Å²) in [5, 5.41) is 5.05. The second kappa shape index (κ2) is 9.41. The molecule has 1 heterocycles. The van der Waals surface area contributed by atoms with Gasteiger partial charge < -0.3 is 4.74 Å². The fourth-order valence-corrected chi connectivity index (χ4v) is 4.85. The van der Waals surface area contributed by atoms with E-state index in [0.717, 1.165) is 15.7 Å². The van der Waals surface area contributed by atoms with Crippen molar-refractivity contribution in [2.45, 2.75) is 25.3 Å². The normalized spacial score (nSPS) is 10.8. The number of carbonyl (C=O) groups excluding carboxylic acids is 2. The predicted molar refractivity (Wildman–Crippen MR) is 115 cm³/mol. The van der Waals surface area contributed by atoms with Crippen LogP contribution in [-0.2, 0) is 20.9 Å². The van der Waals surface area contributed by atoms with Crippen LogP contribution in [-0.4, -0.2) is 29.2 Å². The Morgan fingerprint density at radius 1 is 1.25 bits per heavy atom. The highest BCUT2D eigenvalue weighted by Crippen LogP contribution is 2.33. The van der Waals surface area contributed by atoms with E-state index in [-0.39, 0.29) is 24.2 Å². The lowest BCUT2D eigenvalue weighted by molar-refractivity contribution is -0.141. The number of hydrogen-bond acceptors (Lipinski definition) is 6. The van der Waals surface area contributed by atoms with E-state index in [0.29, 0.717) is 22.4 Å². The highest BCUT2D eigenvalue weighted by Gasteiger charge is 2.15. The average molecular weight is 435 g/mol. The summed E-state index contributed by atoms with van der Waals surface area (Å²) in [5.41, 5.74) is 0.631. The number of esters is 1. The minimum absolute atomic E-state index is 0.0643. The molecule has 5 nitrogen and oxygen atoms in total. The van der Waals surface area contributed by atoms with Crippen molar-refractivity contribution in [2.24, 2.45) is 0 Å². The first-order valence-electron chi connectivity index (χ1n) is 8.67. The minimum Gasteiger partial charge on any atom is -0.459 e. The largest absolute Gasteiger partial charge is 0.459 e. The highest BCUT2D eigenvalue weighted by atomic mass is 35.5. The molecule has 0 aliphatic rings. The standard InChI is InChI=1S/C20H19ClN2O3S2/c1-3-23(13(2)24)20-22-15(11-28-20)10-26-18(25)12-27-17-9-5-7-14-6-4-8-16(21)19(14)17/h4-9,11H,3,10,12H2,1-2H3. The van der Waals surface area contributed by atoms with Crippen LogP contribution in [0.4, 0.5) is 5.13 Å². The molecule has 3 aromatic rings. The molecule has 1 aromatic heterocycles. The summed E-state index contributed by atoms with van der Waals surface area (Å²) in [6.45, 7) is 4.02. The van der Waals surface area contributed by atoms with Gasteiger partial charge in [-0.05, 0) is 24.4 Å². The van der Waals surface area contributed by atoms with Crippen molar-refractivity contribution in [3.05, 3.63) is 52.5 Å². The maximum absolute atomic E-state index is 12.2. The first-order chi connectivity index (χ1) is 13.5. The van der Waals surface area contributed by atoms with E-state index in [9.17, 15) is 9.59 Å². The molecule has 0 atom stereocenters. The maximum Gasteiger partial charge on any atom is 0.316 e. The van der Waals surface area contributed by atoms with Crippen molar-refractivity contribution in [1.82, 2.24) is 4.98 Å². The molecule has 0 bridgehead atoms. The first-order valence-corrected chi connectivity index (χ1v) is 10.9. The van der Waals surface area contributed by atoms with E-state index < -0.39 is 0 Å². The Morgan fingerprint density at radius 3 is 2.71 bits per heavy atom. The summed E-state index contributed by atoms with van der Waals surface area (Å²) < 4.78 is 5.33. The number of rotatable bonds is 7. The van der Waals surface area contributed by atoms with Crippen molar-refractivity contribution in [3.8, 4) is 0 Å². The van der Waals surface area contributed by atoms with Gasteiger partial charge in [0, 0.05) is 34.2 Å². The van der Waals surface area contributed by atoms with Gasteiger partial charge in [0.05, 0.1) is 11.4 Å². The Labute approximate surface area is 176 Å². The molecule has 28 heavy (non-hydrogen) atoms. The number of amides is 1. The molecular formula is C20H19ClN2O3S2. The van der Waals surface area contributed by atoms with Crippen LogP contribution in [0.15, 0.2) is 46.7 Å². The van der Waals surface area contributed by atoms with Crippen LogP contribution in [0.1, 0.15) is 19.5 Å². The van der Waals surface area contributed by atoms with Gasteiger partial charge in [0.25, 0.3) is 0 Å². The number of aromatic nitrogens is 1. The molecule has 0 spiro atoms. The van der Waals surface area contributed by atoms with Gasteiger partial charge in [-0.1, -0.05) is 35.9 Å². The number of thiazole rings is 1. The topological polar surface area (TPSA) is 59.5 Å². The number of thioether (sulfide) groups is 1. The third-order valence-electron chi connectivity index (χ3n) is 4.01. The molecule has 8 heteroatoms. The van der Waals surface area contributed by atoms with Crippen molar-refractivity contribution in [2.75, 3.05) is 17.2 Å². The van der Waals surface area contributed by atoms with Crippen LogP contribution in [0.5, 0.6) is 0 Å². The number of nitrogens with zero attached hydrogens (tertiary/aromatic N) is 2. The number of hydrogen-bond donors (Lipinski definition) is 0. The van der Waals surface area contributed by atoms with Crippen molar-refractivity contribution >= 4 is 62.5 Å². The average Bonchev–Trinajstić information content (AvgIpc) is 3.13. The Morgan fingerprint density at radius 2 is 2.00 bits per heavy atom. The maximum atomic E-state index is 12.2. The van der Waals surface area contributed by atoms with Gasteiger partial charge in [0.2, 0.25) is 5.91 Å². The smallest absolute Gasteiger partial charge is 0.316 e. The SMILES string of the molecule is CCN(C(C)=O)c1nc(COC(=O)CSc2cccc3cccc(Cl)c23)cs1. The Hall–Kier alpha value is -2.09. The summed E-state index contributed by atoms with van der Waals surface area (Å²) in [6, 6.07) is 11.6. The van der Waals surface area contributed by atoms with Crippen LogP contribution < -0.4 is 4.90 Å². The van der Waals surface area contributed by atoms with E-state index in [4.69, 9.17) is 16.3 Å². The molecule has 146 valence electrons. The fraction of sp³-hybridized carbons (Fsp3) is 0.250. The number of fused-ring (bicyclic) bond motifs is 1. The molecule has 0 unspecified atom stereocenters. The molecule has 3 rings (SSSR count). The van der Waals surface area contributed by atoms with E-state index >= 15 is 0 Å². The molecule has 0 saturated heterocycles. The molecule has 0 aliphatic heterocycles. The zero-order chi connectivity index (χ0) is 20.1. The third kappa shape index (κ3) is 4.84. The zero-order valence-electron chi connectivity index (χ0n) is 15.5. The van der Waals surface area contributed by atoms with Gasteiger partial charge in [-0.3, -0.25) is 14.5 Å². The quantitative estimate of drug-likeness (QED) is 0.379. The molecule has 0 radical (unpaired) electrons. The second-order valence-corrected chi connectivity index (χ2v) is 8.19. The van der Waals surface area contributed by atoms with E-state index in [1.165, 1.54) is 30.0 Å². The van der Waals surface area contributed by atoms with E-state index in [2.05, 4.69) is 4.98 Å². The van der Waals surface area contributed by atoms with Crippen LogP contribution in [0.25, 0.3) is 10.8 Å². The third-order valence-corrected chi connectivity index (χ3v) is 6.27. The highest BCUT2D eigenvalue weighted by molar-refractivity contribution is 8.00. The summed E-state index contributed by atoms with van der Waals surface area (Å²) in [6.07, 6.45) is 0. The van der Waals surface area contributed by atoms with E-state index in [1.54, 1.807) is 10.3 Å². The zero-order valence-corrected chi connectivity index (χ0v) is 17.9. The van der Waals surface area contributed by atoms with Crippen LogP contribution >= 0.6 is 34.7 Å². The molecule has 1 amide bonds. The summed E-state index contributed by atoms with van der Waals surface area (Å²) in [4.78, 5) is 30.6. The van der Waals surface area contributed by atoms with Gasteiger partial charge in [-0.25, -0.2) is 4.98 Å². The van der Waals surface area contributed by atoms with Crippen LogP contribution in [0.3, 0.4) is 0 Å². The first kappa shape index (κ1) is 20.6. The lowest BCUT2D eigenvalue weighted by atomic mass is 10.1.